The van der Waals surface area contributed by atoms with Gasteiger partial charge >= 0.3 is 0 Å². The van der Waals surface area contributed by atoms with Gasteiger partial charge in [0, 0.05) is 6.54 Å². The lowest BCUT2D eigenvalue weighted by atomic mass is 10.4. The maximum atomic E-state index is 12.0. The summed E-state index contributed by atoms with van der Waals surface area (Å²) >= 11 is 0. The van der Waals surface area contributed by atoms with Gasteiger partial charge in [-0.25, -0.2) is 8.78 Å². The van der Waals surface area contributed by atoms with Gasteiger partial charge in [0.25, 0.3) is 6.43 Å². The number of carbonyl (C=O) groups is 1. The summed E-state index contributed by atoms with van der Waals surface area (Å²) in [7, 11) is 0. The molecule has 0 radical (unpaired) electrons. The summed E-state index contributed by atoms with van der Waals surface area (Å²) in [5.74, 6) is 1.77. The van der Waals surface area contributed by atoms with Gasteiger partial charge in [-0.05, 0) is 0 Å². The molecule has 0 aromatic heterocycles. The molecular weight excluding hydrogens is 206 g/mol. The van der Waals surface area contributed by atoms with Gasteiger partial charge in [0.15, 0.2) is 0 Å². The molecule has 0 aliphatic heterocycles. The summed E-state index contributed by atoms with van der Waals surface area (Å²) in [4.78, 5) is 12.3. The first-order valence-electron chi connectivity index (χ1n) is 4.41. The molecule has 0 atom stereocenters. The number of terminal acetylenes is 1. The van der Waals surface area contributed by atoms with Gasteiger partial charge in [0.2, 0.25) is 5.91 Å². The third-order valence-corrected chi connectivity index (χ3v) is 1.57. The monoisotopic (exact) mass is 220 g/mol. The average Bonchev–Trinajstić information content (AvgIpc) is 2.14. The first kappa shape index (κ1) is 13.8. The molecule has 0 saturated heterocycles. The molecule has 0 bridgehead atoms. The molecule has 0 fully saturated rings. The second-order valence-corrected chi connectivity index (χ2v) is 2.83. The van der Waals surface area contributed by atoms with Crippen molar-refractivity contribution in [3.63, 3.8) is 0 Å². The van der Waals surface area contributed by atoms with E-state index < -0.39 is 18.9 Å². The molecule has 0 rings (SSSR count). The van der Waals surface area contributed by atoms with Gasteiger partial charge in [-0.1, -0.05) is 5.92 Å². The summed E-state index contributed by atoms with van der Waals surface area (Å²) < 4.78 is 24.0. The highest BCUT2D eigenvalue weighted by Gasteiger charge is 2.14. The van der Waals surface area contributed by atoms with Gasteiger partial charge in [0.1, 0.15) is 0 Å². The van der Waals surface area contributed by atoms with Crippen molar-refractivity contribution >= 4 is 5.91 Å². The van der Waals surface area contributed by atoms with Gasteiger partial charge < -0.3 is 10.4 Å². The number of rotatable bonds is 7. The molecule has 15 heavy (non-hydrogen) atoms. The normalized spacial score (nSPS) is 10.4. The summed E-state index contributed by atoms with van der Waals surface area (Å²) in [6, 6.07) is 0. The van der Waals surface area contributed by atoms with E-state index in [0.29, 0.717) is 0 Å². The minimum atomic E-state index is -2.53. The lowest BCUT2D eigenvalue weighted by Crippen LogP contribution is -2.40. The number of carbonyl (C=O) groups excluding carboxylic acids is 1. The third-order valence-electron chi connectivity index (χ3n) is 1.57. The van der Waals surface area contributed by atoms with Crippen molar-refractivity contribution in [2.24, 2.45) is 0 Å². The molecule has 4 nitrogen and oxygen atoms in total. The molecule has 2 N–H and O–H groups in total. The standard InChI is InChI=1S/C9H14F2N2O2/c1-2-3-12-9(15)7-13(4-5-14)6-8(10)11/h1,8,14H,3-7H2,(H,12,15). The summed E-state index contributed by atoms with van der Waals surface area (Å²) in [5, 5.41) is 10.9. The largest absolute Gasteiger partial charge is 0.395 e. The Kier molecular flexibility index (Phi) is 7.50. The minimum Gasteiger partial charge on any atom is -0.395 e. The lowest BCUT2D eigenvalue weighted by Gasteiger charge is -2.19. The third kappa shape index (κ3) is 7.85. The maximum Gasteiger partial charge on any atom is 0.251 e. The molecular formula is C9H14F2N2O2. The van der Waals surface area contributed by atoms with E-state index in [2.05, 4.69) is 11.2 Å². The Morgan fingerprint density at radius 2 is 2.27 bits per heavy atom. The highest BCUT2D eigenvalue weighted by molar-refractivity contribution is 5.78. The van der Waals surface area contributed by atoms with Crippen LogP contribution < -0.4 is 5.32 Å². The van der Waals surface area contributed by atoms with Crippen molar-refractivity contribution in [1.82, 2.24) is 10.2 Å². The smallest absolute Gasteiger partial charge is 0.251 e. The Hall–Kier alpha value is -1.19. The van der Waals surface area contributed by atoms with E-state index in [1.165, 1.54) is 0 Å². The Morgan fingerprint density at radius 3 is 2.73 bits per heavy atom. The van der Waals surface area contributed by atoms with Crippen LogP contribution in [0.4, 0.5) is 8.78 Å². The van der Waals surface area contributed by atoms with E-state index in [-0.39, 0.29) is 26.2 Å². The van der Waals surface area contributed by atoms with Crippen LogP contribution in [0.2, 0.25) is 0 Å². The highest BCUT2D eigenvalue weighted by atomic mass is 19.3. The molecule has 0 aliphatic rings. The van der Waals surface area contributed by atoms with Crippen LogP contribution in [0.5, 0.6) is 0 Å². The number of nitrogens with zero attached hydrogens (tertiary/aromatic N) is 1. The maximum absolute atomic E-state index is 12.0. The number of halogens is 2. The zero-order chi connectivity index (χ0) is 11.7. The van der Waals surface area contributed by atoms with Crippen LogP contribution >= 0.6 is 0 Å². The fraction of sp³-hybridized carbons (Fsp3) is 0.667. The number of aliphatic hydroxyl groups excluding tert-OH is 1. The molecule has 0 aromatic rings. The zero-order valence-electron chi connectivity index (χ0n) is 8.25. The van der Waals surface area contributed by atoms with Gasteiger partial charge in [-0.2, -0.15) is 0 Å². The predicted octanol–water partition coefficient (Wildman–Crippen LogP) is -0.705. The Labute approximate surface area is 87.3 Å². The first-order valence-corrected chi connectivity index (χ1v) is 4.41. The molecule has 0 aromatic carbocycles. The van der Waals surface area contributed by atoms with Gasteiger partial charge in [-0.15, -0.1) is 6.42 Å². The van der Waals surface area contributed by atoms with Crippen molar-refractivity contribution in [3.05, 3.63) is 0 Å². The van der Waals surface area contributed by atoms with Gasteiger partial charge in [0.05, 0.1) is 26.2 Å². The second-order valence-electron chi connectivity index (χ2n) is 2.83. The fourth-order valence-corrected chi connectivity index (χ4v) is 0.980. The molecule has 0 saturated carbocycles. The van der Waals surface area contributed by atoms with E-state index in [1.807, 2.05) is 0 Å². The molecule has 0 heterocycles. The Morgan fingerprint density at radius 1 is 1.60 bits per heavy atom. The topological polar surface area (TPSA) is 52.6 Å². The molecule has 0 aliphatic carbocycles. The lowest BCUT2D eigenvalue weighted by molar-refractivity contribution is -0.122. The van der Waals surface area contributed by atoms with E-state index >= 15 is 0 Å². The Bertz CT molecular complexity index is 229. The number of hydrogen-bond donors (Lipinski definition) is 2. The van der Waals surface area contributed by atoms with Crippen LogP contribution in [-0.2, 0) is 4.79 Å². The number of hydrogen-bond acceptors (Lipinski definition) is 3. The quantitative estimate of drug-likeness (QED) is 0.558. The van der Waals surface area contributed by atoms with Crippen LogP contribution in [0.25, 0.3) is 0 Å². The van der Waals surface area contributed by atoms with Gasteiger partial charge in [-0.3, -0.25) is 9.69 Å². The second kappa shape index (κ2) is 8.15. The Balaban J connectivity index is 3.93. The fourth-order valence-electron chi connectivity index (χ4n) is 0.980. The van der Waals surface area contributed by atoms with E-state index in [0.717, 1.165) is 4.90 Å². The van der Waals surface area contributed by atoms with Crippen molar-refractivity contribution < 1.29 is 18.7 Å². The molecule has 0 unspecified atom stereocenters. The molecule has 1 amide bonds. The SMILES string of the molecule is C#CCNC(=O)CN(CCO)CC(F)F. The number of alkyl halides is 2. The molecule has 86 valence electrons. The van der Waals surface area contributed by atoms with E-state index in [1.54, 1.807) is 0 Å². The average molecular weight is 220 g/mol. The summed E-state index contributed by atoms with van der Waals surface area (Å²) in [6.07, 6.45) is 2.38. The van der Waals surface area contributed by atoms with Crippen molar-refractivity contribution in [2.75, 3.05) is 32.8 Å². The number of nitrogens with one attached hydrogen (secondary N) is 1. The van der Waals surface area contributed by atoms with Crippen molar-refractivity contribution in [1.29, 1.82) is 0 Å². The predicted molar refractivity (Wildman–Crippen MR) is 51.4 cm³/mol. The number of aliphatic hydroxyl groups is 1. The highest BCUT2D eigenvalue weighted by Crippen LogP contribution is 1.97. The van der Waals surface area contributed by atoms with Crippen LogP contribution in [-0.4, -0.2) is 55.1 Å². The summed E-state index contributed by atoms with van der Waals surface area (Å²) in [6.45, 7) is -0.889. The van der Waals surface area contributed by atoms with Crippen LogP contribution in [0.1, 0.15) is 0 Å². The molecule has 6 heteroatoms. The van der Waals surface area contributed by atoms with Crippen molar-refractivity contribution in [2.45, 2.75) is 6.43 Å². The van der Waals surface area contributed by atoms with E-state index in [9.17, 15) is 13.6 Å². The van der Waals surface area contributed by atoms with Crippen LogP contribution in [0, 0.1) is 12.3 Å². The minimum absolute atomic E-state index is 0.0355. The van der Waals surface area contributed by atoms with Crippen molar-refractivity contribution in [3.8, 4) is 12.3 Å². The van der Waals surface area contributed by atoms with Crippen LogP contribution in [0.15, 0.2) is 0 Å². The van der Waals surface area contributed by atoms with Crippen LogP contribution in [0.3, 0.4) is 0 Å². The van der Waals surface area contributed by atoms with E-state index in [4.69, 9.17) is 11.5 Å². The zero-order valence-corrected chi connectivity index (χ0v) is 8.25. The summed E-state index contributed by atoms with van der Waals surface area (Å²) in [5.41, 5.74) is 0. The first-order chi connectivity index (χ1) is 7.10. The number of amides is 1. The molecule has 0 spiro atoms.